The number of hydrogen-bond acceptors (Lipinski definition) is 8. The largest absolute Gasteiger partial charge is 0.497 e. The van der Waals surface area contributed by atoms with E-state index in [1.54, 1.807) is 14.2 Å². The van der Waals surface area contributed by atoms with E-state index in [0.29, 0.717) is 12.5 Å². The maximum Gasteiger partial charge on any atom is 0.205 e. The minimum absolute atomic E-state index is 0.366. The summed E-state index contributed by atoms with van der Waals surface area (Å²) in [4.78, 5) is 16.4. The number of nitrogens with zero attached hydrogens (tertiary/aromatic N) is 5. The highest BCUT2D eigenvalue weighted by molar-refractivity contribution is 7.09. The first-order chi connectivity index (χ1) is 14.3. The third-order valence-corrected chi connectivity index (χ3v) is 5.99. The van der Waals surface area contributed by atoms with Crippen LogP contribution in [0.2, 0.25) is 0 Å². The van der Waals surface area contributed by atoms with Gasteiger partial charge in [-0.15, -0.1) is 0 Å². The zero-order valence-corrected chi connectivity index (χ0v) is 17.6. The molecule has 0 saturated carbocycles. The van der Waals surface area contributed by atoms with Gasteiger partial charge in [-0.3, -0.25) is 0 Å². The van der Waals surface area contributed by atoms with Gasteiger partial charge in [0.2, 0.25) is 5.13 Å². The number of benzene rings is 1. The molecule has 0 atom stereocenters. The van der Waals surface area contributed by atoms with E-state index in [4.69, 9.17) is 14.5 Å². The normalized spacial score (nSPS) is 14.9. The fraction of sp³-hybridized carbons (Fsp3) is 0.429. The number of aromatic nitrogens is 4. The molecule has 4 rings (SSSR count). The highest BCUT2D eigenvalue weighted by Crippen LogP contribution is 2.30. The van der Waals surface area contributed by atoms with Gasteiger partial charge < -0.3 is 14.4 Å². The van der Waals surface area contributed by atoms with E-state index in [1.165, 1.54) is 11.5 Å². The second kappa shape index (κ2) is 9.28. The van der Waals surface area contributed by atoms with Gasteiger partial charge in [-0.25, -0.2) is 15.0 Å². The van der Waals surface area contributed by atoms with Gasteiger partial charge in [0.05, 0.1) is 19.4 Å². The molecule has 0 bridgehead atoms. The van der Waals surface area contributed by atoms with Crippen LogP contribution in [0.15, 0.2) is 36.5 Å². The van der Waals surface area contributed by atoms with Crippen LogP contribution in [-0.4, -0.2) is 53.2 Å². The van der Waals surface area contributed by atoms with Crippen LogP contribution in [0.1, 0.15) is 30.4 Å². The van der Waals surface area contributed by atoms with Crippen LogP contribution in [0.3, 0.4) is 0 Å². The van der Waals surface area contributed by atoms with Crippen molar-refractivity contribution in [3.05, 3.63) is 48.2 Å². The summed E-state index contributed by atoms with van der Waals surface area (Å²) < 4.78 is 14.8. The number of rotatable bonds is 7. The lowest BCUT2D eigenvalue weighted by atomic mass is 9.96. The summed E-state index contributed by atoms with van der Waals surface area (Å²) >= 11 is 1.47. The third-order valence-electron chi connectivity index (χ3n) is 5.18. The van der Waals surface area contributed by atoms with Gasteiger partial charge in [0.1, 0.15) is 17.4 Å². The molecule has 1 aromatic carbocycles. The summed E-state index contributed by atoms with van der Waals surface area (Å²) in [6, 6.07) is 9.94. The van der Waals surface area contributed by atoms with E-state index < -0.39 is 0 Å². The molecule has 8 heteroatoms. The van der Waals surface area contributed by atoms with Crippen molar-refractivity contribution in [2.45, 2.75) is 25.2 Å². The van der Waals surface area contributed by atoms with Crippen molar-refractivity contribution in [1.82, 2.24) is 19.3 Å². The fourth-order valence-electron chi connectivity index (χ4n) is 3.49. The lowest BCUT2D eigenvalue weighted by Crippen LogP contribution is -2.33. The number of methoxy groups -OCH3 is 2. The quantitative estimate of drug-likeness (QED) is 0.588. The Labute approximate surface area is 174 Å². The van der Waals surface area contributed by atoms with Crippen LogP contribution in [-0.2, 0) is 11.2 Å². The van der Waals surface area contributed by atoms with Gasteiger partial charge in [0, 0.05) is 55.8 Å². The fourth-order valence-corrected chi connectivity index (χ4v) is 4.25. The van der Waals surface area contributed by atoms with Gasteiger partial charge in [-0.1, -0.05) is 0 Å². The monoisotopic (exact) mass is 411 g/mol. The first-order valence-electron chi connectivity index (χ1n) is 9.80. The second-order valence-corrected chi connectivity index (χ2v) is 7.76. The van der Waals surface area contributed by atoms with Crippen LogP contribution in [0.25, 0.3) is 11.3 Å². The summed E-state index contributed by atoms with van der Waals surface area (Å²) in [5, 5.41) is 1.00. The van der Waals surface area contributed by atoms with Gasteiger partial charge in [-0.05, 0) is 43.2 Å². The standard InChI is InChI=1S/C21H25N5O2S/c1-27-14-10-19-24-21(29-25-19)26-12-8-16(9-13-26)20-22-11-7-18(23-20)15-3-5-17(28-2)6-4-15/h3-7,11,16H,8-10,12-14H2,1-2H3. The van der Waals surface area contributed by atoms with Crippen LogP contribution >= 0.6 is 11.5 Å². The van der Waals surface area contributed by atoms with E-state index >= 15 is 0 Å². The average Bonchev–Trinajstić information content (AvgIpc) is 3.27. The number of anilines is 1. The molecule has 3 heterocycles. The van der Waals surface area contributed by atoms with Crippen LogP contribution in [0.4, 0.5) is 5.13 Å². The van der Waals surface area contributed by atoms with Crippen molar-refractivity contribution in [3.8, 4) is 17.0 Å². The number of piperidine rings is 1. The summed E-state index contributed by atoms with van der Waals surface area (Å²) in [5.74, 6) is 3.00. The van der Waals surface area contributed by atoms with Crippen molar-refractivity contribution < 1.29 is 9.47 Å². The summed E-state index contributed by atoms with van der Waals surface area (Å²) in [7, 11) is 3.37. The molecule has 0 aliphatic carbocycles. The maximum absolute atomic E-state index is 5.24. The molecule has 152 valence electrons. The Morgan fingerprint density at radius 2 is 1.86 bits per heavy atom. The lowest BCUT2D eigenvalue weighted by Gasteiger charge is -2.30. The van der Waals surface area contributed by atoms with Gasteiger partial charge in [0.15, 0.2) is 0 Å². The van der Waals surface area contributed by atoms with Crippen LogP contribution in [0.5, 0.6) is 5.75 Å². The molecule has 0 amide bonds. The first-order valence-corrected chi connectivity index (χ1v) is 10.6. The molecule has 0 spiro atoms. The highest BCUT2D eigenvalue weighted by atomic mass is 32.1. The molecule has 1 fully saturated rings. The SMILES string of the molecule is COCCc1nsc(N2CCC(c3nccc(-c4ccc(OC)cc4)n3)CC2)n1. The van der Waals surface area contributed by atoms with Crippen LogP contribution < -0.4 is 9.64 Å². The van der Waals surface area contributed by atoms with Crippen LogP contribution in [0, 0.1) is 0 Å². The molecular formula is C21H25N5O2S. The minimum Gasteiger partial charge on any atom is -0.497 e. The molecule has 0 radical (unpaired) electrons. The molecular weight excluding hydrogens is 386 g/mol. The molecule has 3 aromatic rings. The Balaban J connectivity index is 1.40. The Hall–Kier alpha value is -2.58. The second-order valence-electron chi connectivity index (χ2n) is 7.03. The van der Waals surface area contributed by atoms with Crippen molar-refractivity contribution in [3.63, 3.8) is 0 Å². The van der Waals surface area contributed by atoms with E-state index in [1.807, 2.05) is 36.5 Å². The first kappa shape index (κ1) is 19.7. The van der Waals surface area contributed by atoms with Crippen molar-refractivity contribution in [1.29, 1.82) is 0 Å². The lowest BCUT2D eigenvalue weighted by molar-refractivity contribution is 0.201. The molecule has 7 nitrogen and oxygen atoms in total. The van der Waals surface area contributed by atoms with Crippen molar-refractivity contribution >= 4 is 16.7 Å². The van der Waals surface area contributed by atoms with Gasteiger partial charge in [0.25, 0.3) is 0 Å². The van der Waals surface area contributed by atoms with Gasteiger partial charge in [-0.2, -0.15) is 4.37 Å². The summed E-state index contributed by atoms with van der Waals surface area (Å²) in [6.45, 7) is 2.54. The number of ether oxygens (including phenoxy) is 2. The van der Waals surface area contributed by atoms with E-state index in [0.717, 1.165) is 66.1 Å². The van der Waals surface area contributed by atoms with E-state index in [2.05, 4.69) is 19.2 Å². The Bertz CT molecular complexity index is 923. The van der Waals surface area contributed by atoms with E-state index in [-0.39, 0.29) is 0 Å². The zero-order chi connectivity index (χ0) is 20.1. The molecule has 1 aliphatic rings. The Morgan fingerprint density at radius 3 is 2.59 bits per heavy atom. The predicted molar refractivity (Wildman–Crippen MR) is 114 cm³/mol. The maximum atomic E-state index is 5.24. The minimum atomic E-state index is 0.366. The molecule has 2 aromatic heterocycles. The molecule has 1 saturated heterocycles. The number of hydrogen-bond donors (Lipinski definition) is 0. The third kappa shape index (κ3) is 4.71. The molecule has 29 heavy (non-hydrogen) atoms. The Kier molecular flexibility index (Phi) is 6.31. The topological polar surface area (TPSA) is 73.3 Å². The smallest absolute Gasteiger partial charge is 0.205 e. The van der Waals surface area contributed by atoms with E-state index in [9.17, 15) is 0 Å². The predicted octanol–water partition coefficient (Wildman–Crippen LogP) is 3.58. The Morgan fingerprint density at radius 1 is 1.07 bits per heavy atom. The molecule has 1 aliphatic heterocycles. The molecule has 0 N–H and O–H groups in total. The average molecular weight is 412 g/mol. The molecule has 0 unspecified atom stereocenters. The van der Waals surface area contributed by atoms with Crippen molar-refractivity contribution in [2.75, 3.05) is 38.8 Å². The van der Waals surface area contributed by atoms with Crippen molar-refractivity contribution in [2.24, 2.45) is 0 Å². The zero-order valence-electron chi connectivity index (χ0n) is 16.7. The van der Waals surface area contributed by atoms with Gasteiger partial charge >= 0.3 is 0 Å². The summed E-state index contributed by atoms with van der Waals surface area (Å²) in [6.07, 6.45) is 4.65. The highest BCUT2D eigenvalue weighted by Gasteiger charge is 2.25. The summed E-state index contributed by atoms with van der Waals surface area (Å²) in [5.41, 5.74) is 2.02.